The SMILES string of the molecule is NS(=O)(=O)c1ccc(CCNC(=O)C(=O)N2CCOCC2)cc1. The van der Waals surface area contributed by atoms with Gasteiger partial charge in [0, 0.05) is 19.6 Å². The van der Waals surface area contributed by atoms with Crippen LogP contribution in [-0.4, -0.2) is 58.0 Å². The van der Waals surface area contributed by atoms with Crippen molar-refractivity contribution in [3.63, 3.8) is 0 Å². The van der Waals surface area contributed by atoms with Gasteiger partial charge in [-0.25, -0.2) is 13.6 Å². The van der Waals surface area contributed by atoms with Gasteiger partial charge in [-0.05, 0) is 24.1 Å². The summed E-state index contributed by atoms with van der Waals surface area (Å²) in [6, 6.07) is 6.06. The average Bonchev–Trinajstić information content (AvgIpc) is 2.54. The zero-order chi connectivity index (χ0) is 16.9. The van der Waals surface area contributed by atoms with E-state index in [-0.39, 0.29) is 11.4 Å². The largest absolute Gasteiger partial charge is 0.378 e. The highest BCUT2D eigenvalue weighted by Gasteiger charge is 2.23. The molecule has 0 aromatic heterocycles. The second-order valence-corrected chi connectivity index (χ2v) is 6.66. The number of sulfonamides is 1. The summed E-state index contributed by atoms with van der Waals surface area (Å²) in [4.78, 5) is 25.1. The van der Waals surface area contributed by atoms with Gasteiger partial charge in [0.25, 0.3) is 0 Å². The maximum absolute atomic E-state index is 11.9. The molecule has 8 nitrogen and oxygen atoms in total. The number of primary sulfonamides is 1. The van der Waals surface area contributed by atoms with Crippen LogP contribution in [-0.2, 0) is 30.8 Å². The predicted molar refractivity (Wildman–Crippen MR) is 81.9 cm³/mol. The Morgan fingerprint density at radius 2 is 1.78 bits per heavy atom. The summed E-state index contributed by atoms with van der Waals surface area (Å²) in [5.41, 5.74) is 0.830. The van der Waals surface area contributed by atoms with E-state index in [0.717, 1.165) is 5.56 Å². The monoisotopic (exact) mass is 341 g/mol. The Hall–Kier alpha value is -1.97. The van der Waals surface area contributed by atoms with Crippen LogP contribution in [0.25, 0.3) is 0 Å². The maximum Gasteiger partial charge on any atom is 0.312 e. The van der Waals surface area contributed by atoms with Gasteiger partial charge in [-0.1, -0.05) is 12.1 Å². The number of nitrogens with two attached hydrogens (primary N) is 1. The lowest BCUT2D eigenvalue weighted by atomic mass is 10.1. The number of carbonyl (C=O) groups excluding carboxylic acids is 2. The number of morpholine rings is 1. The first kappa shape index (κ1) is 17.4. The lowest BCUT2D eigenvalue weighted by Gasteiger charge is -2.26. The Morgan fingerprint density at radius 3 is 2.35 bits per heavy atom. The molecular formula is C14H19N3O5S. The van der Waals surface area contributed by atoms with E-state index in [0.29, 0.717) is 32.7 Å². The fraction of sp³-hybridized carbons (Fsp3) is 0.429. The standard InChI is InChI=1S/C14H19N3O5S/c15-23(20,21)12-3-1-11(2-4-12)5-6-16-13(18)14(19)17-7-9-22-10-8-17/h1-4H,5-10H2,(H,16,18)(H2,15,20,21). The highest BCUT2D eigenvalue weighted by molar-refractivity contribution is 7.89. The van der Waals surface area contributed by atoms with E-state index in [1.54, 1.807) is 12.1 Å². The Balaban J connectivity index is 1.80. The van der Waals surface area contributed by atoms with Crippen molar-refractivity contribution in [1.29, 1.82) is 0 Å². The van der Waals surface area contributed by atoms with Gasteiger partial charge in [-0.3, -0.25) is 9.59 Å². The minimum Gasteiger partial charge on any atom is -0.378 e. The Bertz CT molecular complexity index is 666. The van der Waals surface area contributed by atoms with E-state index in [1.165, 1.54) is 17.0 Å². The molecule has 0 spiro atoms. The maximum atomic E-state index is 11.9. The van der Waals surface area contributed by atoms with Crippen LogP contribution >= 0.6 is 0 Å². The lowest BCUT2D eigenvalue weighted by Crippen LogP contribution is -2.48. The van der Waals surface area contributed by atoms with Crippen molar-refractivity contribution in [2.24, 2.45) is 5.14 Å². The van der Waals surface area contributed by atoms with Gasteiger partial charge in [0.15, 0.2) is 0 Å². The first-order valence-corrected chi connectivity index (χ1v) is 8.69. The molecule has 1 aliphatic rings. The summed E-state index contributed by atoms with van der Waals surface area (Å²) in [6.45, 7) is 2.00. The van der Waals surface area contributed by atoms with E-state index in [4.69, 9.17) is 9.88 Å². The number of nitrogens with zero attached hydrogens (tertiary/aromatic N) is 1. The van der Waals surface area contributed by atoms with Crippen molar-refractivity contribution in [3.05, 3.63) is 29.8 Å². The number of amides is 2. The fourth-order valence-corrected chi connectivity index (χ4v) is 2.67. The van der Waals surface area contributed by atoms with Crippen LogP contribution < -0.4 is 10.5 Å². The topological polar surface area (TPSA) is 119 Å². The highest BCUT2D eigenvalue weighted by Crippen LogP contribution is 2.08. The Morgan fingerprint density at radius 1 is 1.17 bits per heavy atom. The van der Waals surface area contributed by atoms with Crippen molar-refractivity contribution in [2.45, 2.75) is 11.3 Å². The second kappa shape index (κ2) is 7.53. The van der Waals surface area contributed by atoms with Crippen LogP contribution in [0.15, 0.2) is 29.2 Å². The number of rotatable bonds is 4. The van der Waals surface area contributed by atoms with Crippen molar-refractivity contribution in [2.75, 3.05) is 32.8 Å². The van der Waals surface area contributed by atoms with Gasteiger partial charge in [0.1, 0.15) is 0 Å². The van der Waals surface area contributed by atoms with Gasteiger partial charge < -0.3 is 15.0 Å². The van der Waals surface area contributed by atoms with Crippen LogP contribution in [0.2, 0.25) is 0 Å². The molecule has 0 atom stereocenters. The molecule has 0 saturated carbocycles. The van der Waals surface area contributed by atoms with E-state index in [9.17, 15) is 18.0 Å². The number of carbonyl (C=O) groups is 2. The first-order valence-electron chi connectivity index (χ1n) is 7.14. The highest BCUT2D eigenvalue weighted by atomic mass is 32.2. The zero-order valence-corrected chi connectivity index (χ0v) is 13.3. The third kappa shape index (κ3) is 5.02. The van der Waals surface area contributed by atoms with Gasteiger partial charge in [0.2, 0.25) is 10.0 Å². The Kier molecular flexibility index (Phi) is 5.69. The minimum atomic E-state index is -3.71. The van der Waals surface area contributed by atoms with Gasteiger partial charge in [-0.2, -0.15) is 0 Å². The molecule has 0 radical (unpaired) electrons. The molecule has 0 aliphatic carbocycles. The van der Waals surface area contributed by atoms with Gasteiger partial charge in [-0.15, -0.1) is 0 Å². The molecule has 1 aliphatic heterocycles. The fourth-order valence-electron chi connectivity index (χ4n) is 2.15. The summed E-state index contributed by atoms with van der Waals surface area (Å²) in [5, 5.41) is 7.57. The molecule has 23 heavy (non-hydrogen) atoms. The molecule has 0 bridgehead atoms. The van der Waals surface area contributed by atoms with Crippen LogP contribution in [0.3, 0.4) is 0 Å². The summed E-state index contributed by atoms with van der Waals surface area (Å²) < 4.78 is 27.4. The second-order valence-electron chi connectivity index (χ2n) is 5.10. The number of hydrogen-bond acceptors (Lipinski definition) is 5. The molecule has 2 rings (SSSR count). The average molecular weight is 341 g/mol. The number of hydrogen-bond donors (Lipinski definition) is 2. The van der Waals surface area contributed by atoms with Crippen LogP contribution in [0.1, 0.15) is 5.56 Å². The van der Waals surface area contributed by atoms with E-state index in [1.807, 2.05) is 0 Å². The molecule has 126 valence electrons. The van der Waals surface area contributed by atoms with Crippen molar-refractivity contribution in [1.82, 2.24) is 10.2 Å². The summed E-state index contributed by atoms with van der Waals surface area (Å²) in [7, 11) is -3.71. The van der Waals surface area contributed by atoms with E-state index < -0.39 is 21.8 Å². The third-order valence-corrected chi connectivity index (χ3v) is 4.37. The lowest BCUT2D eigenvalue weighted by molar-refractivity contribution is -0.148. The number of benzene rings is 1. The van der Waals surface area contributed by atoms with Gasteiger partial charge in [0.05, 0.1) is 18.1 Å². The quantitative estimate of drug-likeness (QED) is 0.671. The summed E-state index contributed by atoms with van der Waals surface area (Å²) in [6.07, 6.45) is 0.479. The minimum absolute atomic E-state index is 0.0350. The molecule has 2 amide bonds. The normalized spacial score (nSPS) is 15.3. The summed E-state index contributed by atoms with van der Waals surface area (Å²) in [5.74, 6) is -1.20. The van der Waals surface area contributed by atoms with Crippen LogP contribution in [0.4, 0.5) is 0 Å². The van der Waals surface area contributed by atoms with Crippen LogP contribution in [0.5, 0.6) is 0 Å². The molecular weight excluding hydrogens is 322 g/mol. The van der Waals surface area contributed by atoms with Crippen molar-refractivity contribution in [3.8, 4) is 0 Å². The smallest absolute Gasteiger partial charge is 0.312 e. The zero-order valence-electron chi connectivity index (χ0n) is 12.5. The van der Waals surface area contributed by atoms with Crippen molar-refractivity contribution >= 4 is 21.8 Å². The molecule has 1 aromatic rings. The number of ether oxygens (including phenoxy) is 1. The molecule has 0 unspecified atom stereocenters. The number of nitrogens with one attached hydrogen (secondary N) is 1. The van der Waals surface area contributed by atoms with Crippen molar-refractivity contribution < 1.29 is 22.7 Å². The van der Waals surface area contributed by atoms with Gasteiger partial charge >= 0.3 is 11.8 Å². The molecule has 1 aromatic carbocycles. The molecule has 9 heteroatoms. The molecule has 3 N–H and O–H groups in total. The first-order chi connectivity index (χ1) is 10.9. The Labute approximate surface area is 134 Å². The van der Waals surface area contributed by atoms with E-state index >= 15 is 0 Å². The van der Waals surface area contributed by atoms with E-state index in [2.05, 4.69) is 5.32 Å². The molecule has 1 fully saturated rings. The predicted octanol–water partition coefficient (Wildman–Crippen LogP) is -1.15. The third-order valence-electron chi connectivity index (χ3n) is 3.44. The van der Waals surface area contributed by atoms with Crippen LogP contribution in [0, 0.1) is 0 Å². The molecule has 1 saturated heterocycles. The molecule has 1 heterocycles. The summed E-state index contributed by atoms with van der Waals surface area (Å²) >= 11 is 0.